The lowest BCUT2D eigenvalue weighted by molar-refractivity contribution is 0.225. The van der Waals surface area contributed by atoms with Gasteiger partial charge in [0, 0.05) is 0 Å². The molecule has 0 spiro atoms. The summed E-state index contributed by atoms with van der Waals surface area (Å²) in [4.78, 5) is 0. The second-order valence-corrected chi connectivity index (χ2v) is 11.9. The van der Waals surface area contributed by atoms with Crippen LogP contribution in [0.2, 0.25) is 18.1 Å². The molecule has 0 saturated heterocycles. The molecule has 0 aliphatic heterocycles. The van der Waals surface area contributed by atoms with Gasteiger partial charge in [0.25, 0.3) is 0 Å². The maximum absolute atomic E-state index is 9.97. The van der Waals surface area contributed by atoms with Gasteiger partial charge < -0.3 is 9.53 Å². The molecule has 122 valence electrons. The normalized spacial score (nSPS) is 15.8. The zero-order valence-electron chi connectivity index (χ0n) is 14.8. The molecule has 1 aromatic carbocycles. The van der Waals surface area contributed by atoms with Crippen molar-refractivity contribution < 1.29 is 9.53 Å². The Bertz CT molecular complexity index is 509. The third-order valence-corrected chi connectivity index (χ3v) is 8.88. The van der Waals surface area contributed by atoms with Gasteiger partial charge in [0.2, 0.25) is 0 Å². The van der Waals surface area contributed by atoms with Crippen LogP contribution in [0, 0.1) is 0 Å². The molecule has 0 aliphatic carbocycles. The molecule has 0 radical (unpaired) electrons. The fourth-order valence-corrected chi connectivity index (χ4v) is 3.14. The number of hydrogen-bond acceptors (Lipinski definition) is 2. The van der Waals surface area contributed by atoms with E-state index in [9.17, 15) is 5.11 Å². The highest BCUT2D eigenvalue weighted by Gasteiger charge is 2.38. The quantitative estimate of drug-likeness (QED) is 0.551. The Labute approximate surface area is 136 Å². The number of rotatable bonds is 6. The summed E-state index contributed by atoms with van der Waals surface area (Å²) in [7, 11) is -1.85. The van der Waals surface area contributed by atoms with Gasteiger partial charge in [0.1, 0.15) is 0 Å². The minimum absolute atomic E-state index is 0.103. The third-order valence-electron chi connectivity index (χ3n) is 4.42. The highest BCUT2D eigenvalue weighted by molar-refractivity contribution is 6.74. The lowest BCUT2D eigenvalue weighted by Crippen LogP contribution is -2.41. The Morgan fingerprint density at radius 3 is 2.05 bits per heavy atom. The predicted molar refractivity (Wildman–Crippen MR) is 97.4 cm³/mol. The minimum atomic E-state index is -1.85. The minimum Gasteiger partial charge on any atom is -0.407 e. The number of aliphatic hydroxyl groups is 1. The summed E-state index contributed by atoms with van der Waals surface area (Å²) in [5.74, 6) is 0. The largest absolute Gasteiger partial charge is 0.407 e. The predicted octanol–water partition coefficient (Wildman–Crippen LogP) is 5.55. The van der Waals surface area contributed by atoms with E-state index in [1.54, 1.807) is 6.08 Å². The first-order valence-electron chi connectivity index (χ1n) is 7.83. The molecular weight excluding hydrogens is 288 g/mol. The van der Waals surface area contributed by atoms with E-state index in [4.69, 9.17) is 4.43 Å². The van der Waals surface area contributed by atoms with Gasteiger partial charge in [-0.05, 0) is 36.2 Å². The molecule has 1 N–H and O–H groups in total. The van der Waals surface area contributed by atoms with E-state index >= 15 is 0 Å². The molecule has 2 nitrogen and oxygen atoms in total. The molecular formula is C19H30O2Si. The molecule has 3 heteroatoms. The third kappa shape index (κ3) is 4.67. The van der Waals surface area contributed by atoms with Crippen molar-refractivity contribution in [2.45, 2.75) is 58.0 Å². The maximum Gasteiger partial charge on any atom is 0.193 e. The van der Waals surface area contributed by atoms with Crippen molar-refractivity contribution >= 4 is 8.32 Å². The average molecular weight is 319 g/mol. The number of aliphatic hydroxyl groups excluding tert-OH is 1. The highest BCUT2D eigenvalue weighted by Crippen LogP contribution is 2.40. The lowest BCUT2D eigenvalue weighted by atomic mass is 10.0. The standard InChI is InChI=1S/C19H30O2Si/c1-8-10-17(20)15-11-13-16(14-12-15)18(9-2)21-22(6,7)19(3,4)5/h8-14,17-18,20H,2H2,1,3-7H3/b10-8+. The Hall–Kier alpha value is -1.16. The fraction of sp³-hybridized carbons (Fsp3) is 0.474. The monoisotopic (exact) mass is 318 g/mol. The van der Waals surface area contributed by atoms with Gasteiger partial charge in [-0.15, -0.1) is 6.58 Å². The molecule has 0 amide bonds. The molecule has 22 heavy (non-hydrogen) atoms. The maximum atomic E-state index is 9.97. The summed E-state index contributed by atoms with van der Waals surface area (Å²) in [6, 6.07) is 7.93. The van der Waals surface area contributed by atoms with Crippen molar-refractivity contribution in [1.82, 2.24) is 0 Å². The number of hydrogen-bond donors (Lipinski definition) is 1. The molecule has 2 unspecified atom stereocenters. The Balaban J connectivity index is 2.95. The summed E-state index contributed by atoms with van der Waals surface area (Å²) in [5.41, 5.74) is 1.97. The number of benzene rings is 1. The topological polar surface area (TPSA) is 29.5 Å². The second-order valence-electron chi connectivity index (χ2n) is 7.17. The van der Waals surface area contributed by atoms with Gasteiger partial charge in [-0.2, -0.15) is 0 Å². The zero-order valence-corrected chi connectivity index (χ0v) is 15.8. The first kappa shape index (κ1) is 18.9. The van der Waals surface area contributed by atoms with Gasteiger partial charge in [-0.1, -0.05) is 63.3 Å². The highest BCUT2D eigenvalue weighted by atomic mass is 28.4. The van der Waals surface area contributed by atoms with E-state index < -0.39 is 14.4 Å². The lowest BCUT2D eigenvalue weighted by Gasteiger charge is -2.38. The summed E-state index contributed by atoms with van der Waals surface area (Å²) in [5, 5.41) is 10.1. The molecule has 0 bridgehead atoms. The van der Waals surface area contributed by atoms with Crippen molar-refractivity contribution in [3.63, 3.8) is 0 Å². The van der Waals surface area contributed by atoms with Gasteiger partial charge in [0.05, 0.1) is 12.2 Å². The average Bonchev–Trinajstić information content (AvgIpc) is 2.44. The van der Waals surface area contributed by atoms with Gasteiger partial charge in [0.15, 0.2) is 8.32 Å². The summed E-state index contributed by atoms with van der Waals surface area (Å²) < 4.78 is 6.43. The summed E-state index contributed by atoms with van der Waals surface area (Å²) in [6.07, 6.45) is 4.83. The molecule has 1 rings (SSSR count). The zero-order chi connectivity index (χ0) is 17.0. The smallest absolute Gasteiger partial charge is 0.193 e. The van der Waals surface area contributed by atoms with Crippen LogP contribution < -0.4 is 0 Å². The molecule has 0 fully saturated rings. The van der Waals surface area contributed by atoms with Gasteiger partial charge in [-0.25, -0.2) is 0 Å². The first-order valence-corrected chi connectivity index (χ1v) is 10.7. The van der Waals surface area contributed by atoms with Crippen LogP contribution in [-0.4, -0.2) is 13.4 Å². The van der Waals surface area contributed by atoms with Gasteiger partial charge >= 0.3 is 0 Å². The Kier molecular flexibility index (Phi) is 6.35. The molecule has 0 aliphatic rings. The first-order chi connectivity index (χ1) is 10.1. The molecule has 0 heterocycles. The SMILES string of the molecule is C=CC(O[Si](C)(C)C(C)(C)C)c1ccc(C(O)/C=C/C)cc1. The van der Waals surface area contributed by atoms with Crippen LogP contribution in [0.1, 0.15) is 51.0 Å². The van der Waals surface area contributed by atoms with Crippen LogP contribution in [0.4, 0.5) is 0 Å². The van der Waals surface area contributed by atoms with Crippen LogP contribution in [0.3, 0.4) is 0 Å². The van der Waals surface area contributed by atoms with Crippen LogP contribution in [0.15, 0.2) is 49.1 Å². The van der Waals surface area contributed by atoms with E-state index in [0.29, 0.717) is 0 Å². The van der Waals surface area contributed by atoms with Crippen molar-refractivity contribution in [3.8, 4) is 0 Å². The van der Waals surface area contributed by atoms with Crippen molar-refractivity contribution in [1.29, 1.82) is 0 Å². The van der Waals surface area contributed by atoms with Crippen LogP contribution in [0.25, 0.3) is 0 Å². The summed E-state index contributed by atoms with van der Waals surface area (Å²) in [6.45, 7) is 17.0. The Morgan fingerprint density at radius 2 is 1.64 bits per heavy atom. The molecule has 1 aromatic rings. The van der Waals surface area contributed by atoms with E-state index in [-0.39, 0.29) is 11.1 Å². The molecule has 2 atom stereocenters. The van der Waals surface area contributed by atoms with Crippen molar-refractivity contribution in [2.75, 3.05) is 0 Å². The van der Waals surface area contributed by atoms with E-state index in [1.165, 1.54) is 0 Å². The molecule has 0 aromatic heterocycles. The van der Waals surface area contributed by atoms with Crippen LogP contribution >= 0.6 is 0 Å². The second kappa shape index (κ2) is 7.40. The van der Waals surface area contributed by atoms with E-state index in [1.807, 2.05) is 43.3 Å². The van der Waals surface area contributed by atoms with E-state index in [0.717, 1.165) is 11.1 Å². The van der Waals surface area contributed by atoms with Crippen molar-refractivity contribution in [3.05, 3.63) is 60.2 Å². The fourth-order valence-electron chi connectivity index (χ4n) is 1.92. The Morgan fingerprint density at radius 1 is 1.14 bits per heavy atom. The summed E-state index contributed by atoms with van der Waals surface area (Å²) >= 11 is 0. The molecule has 0 saturated carbocycles. The van der Waals surface area contributed by atoms with Gasteiger partial charge in [-0.3, -0.25) is 0 Å². The van der Waals surface area contributed by atoms with E-state index in [2.05, 4.69) is 40.4 Å². The van der Waals surface area contributed by atoms with Crippen molar-refractivity contribution in [2.24, 2.45) is 0 Å². The van der Waals surface area contributed by atoms with Crippen LogP contribution in [0.5, 0.6) is 0 Å². The number of allylic oxidation sites excluding steroid dienone is 1. The van der Waals surface area contributed by atoms with Crippen LogP contribution in [-0.2, 0) is 4.43 Å².